The Morgan fingerprint density at radius 1 is 1.56 bits per heavy atom. The van der Waals surface area contributed by atoms with E-state index in [0.717, 1.165) is 0 Å². The van der Waals surface area contributed by atoms with Gasteiger partial charge < -0.3 is 26.0 Å². The van der Waals surface area contributed by atoms with Crippen LogP contribution in [0, 0.1) is 0 Å². The number of likely N-dealkylation sites (N-methyl/N-ethyl adjacent to an activating group) is 1. The standard InChI is InChI=1S/C11H20N4O3/c1-7(16)8(12)9(17)15-4-3-14(2)6-11(15)5-13-10(11)18/h7-8,16H,3-6,12H2,1-2H3,(H,13,18)/t7-,8+,11?/m1/s1. The zero-order chi connectivity index (χ0) is 13.5. The maximum absolute atomic E-state index is 12.2. The summed E-state index contributed by atoms with van der Waals surface area (Å²) >= 11 is 0. The Morgan fingerprint density at radius 2 is 2.22 bits per heavy atom. The van der Waals surface area contributed by atoms with E-state index in [1.54, 1.807) is 0 Å². The normalized spacial score (nSPS) is 31.8. The molecule has 2 heterocycles. The van der Waals surface area contributed by atoms with Crippen molar-refractivity contribution in [3.05, 3.63) is 0 Å². The van der Waals surface area contributed by atoms with Crippen LogP contribution in [0.1, 0.15) is 6.92 Å². The lowest BCUT2D eigenvalue weighted by Gasteiger charge is -2.54. The molecule has 2 aliphatic rings. The number of aliphatic hydroxyl groups is 1. The molecule has 4 N–H and O–H groups in total. The molecule has 0 radical (unpaired) electrons. The summed E-state index contributed by atoms with van der Waals surface area (Å²) < 4.78 is 0. The van der Waals surface area contributed by atoms with Crippen molar-refractivity contribution in [2.45, 2.75) is 24.6 Å². The zero-order valence-corrected chi connectivity index (χ0v) is 10.7. The Kier molecular flexibility index (Phi) is 3.31. The number of nitrogens with one attached hydrogen (secondary N) is 1. The van der Waals surface area contributed by atoms with Gasteiger partial charge in [0.2, 0.25) is 11.8 Å². The Balaban J connectivity index is 2.20. The van der Waals surface area contributed by atoms with Crippen LogP contribution in [-0.4, -0.2) is 77.6 Å². The molecule has 0 aromatic heterocycles. The number of piperazine rings is 1. The molecule has 2 aliphatic heterocycles. The first-order chi connectivity index (χ1) is 8.38. The van der Waals surface area contributed by atoms with Gasteiger partial charge in [-0.15, -0.1) is 0 Å². The van der Waals surface area contributed by atoms with Gasteiger partial charge in [0.1, 0.15) is 6.04 Å². The topological polar surface area (TPSA) is 98.9 Å². The van der Waals surface area contributed by atoms with Crippen LogP contribution in [0.2, 0.25) is 0 Å². The van der Waals surface area contributed by atoms with Crippen LogP contribution in [0.25, 0.3) is 0 Å². The molecule has 3 atom stereocenters. The van der Waals surface area contributed by atoms with Crippen LogP contribution >= 0.6 is 0 Å². The minimum atomic E-state index is -0.973. The van der Waals surface area contributed by atoms with Gasteiger partial charge in [0, 0.05) is 19.6 Å². The predicted molar refractivity (Wildman–Crippen MR) is 64.6 cm³/mol. The van der Waals surface area contributed by atoms with Crippen LogP contribution in [0.3, 0.4) is 0 Å². The number of nitrogens with two attached hydrogens (primary N) is 1. The van der Waals surface area contributed by atoms with Crippen molar-refractivity contribution in [1.82, 2.24) is 15.1 Å². The Bertz CT molecular complexity index is 373. The quantitative estimate of drug-likeness (QED) is 0.468. The summed E-state index contributed by atoms with van der Waals surface area (Å²) in [5.41, 5.74) is 4.89. The maximum Gasteiger partial charge on any atom is 0.249 e. The minimum absolute atomic E-state index is 0.139. The number of carbonyl (C=O) groups is 2. The summed E-state index contributed by atoms with van der Waals surface area (Å²) in [7, 11) is 1.92. The lowest BCUT2D eigenvalue weighted by molar-refractivity contribution is -0.163. The highest BCUT2D eigenvalue weighted by Crippen LogP contribution is 2.27. The van der Waals surface area contributed by atoms with E-state index in [4.69, 9.17) is 5.73 Å². The van der Waals surface area contributed by atoms with E-state index < -0.39 is 17.7 Å². The molecule has 0 bridgehead atoms. The van der Waals surface area contributed by atoms with E-state index in [0.29, 0.717) is 26.2 Å². The van der Waals surface area contributed by atoms with Gasteiger partial charge in [-0.05, 0) is 14.0 Å². The summed E-state index contributed by atoms with van der Waals surface area (Å²) in [4.78, 5) is 27.6. The van der Waals surface area contributed by atoms with Crippen LogP contribution < -0.4 is 11.1 Å². The SMILES string of the molecule is C[C@@H](O)[C@H](N)C(=O)N1CCN(C)CC12CNC2=O. The lowest BCUT2D eigenvalue weighted by atomic mass is 9.85. The van der Waals surface area contributed by atoms with Gasteiger partial charge in [0.15, 0.2) is 5.54 Å². The van der Waals surface area contributed by atoms with Gasteiger partial charge in [-0.1, -0.05) is 0 Å². The van der Waals surface area contributed by atoms with Crippen LogP contribution in [0.5, 0.6) is 0 Å². The molecule has 7 nitrogen and oxygen atoms in total. The Labute approximate surface area is 106 Å². The van der Waals surface area contributed by atoms with E-state index in [1.165, 1.54) is 11.8 Å². The third-order valence-corrected chi connectivity index (χ3v) is 3.79. The molecule has 7 heteroatoms. The molecule has 2 amide bonds. The van der Waals surface area contributed by atoms with Gasteiger partial charge in [0.25, 0.3) is 0 Å². The van der Waals surface area contributed by atoms with Gasteiger partial charge in [0.05, 0.1) is 12.6 Å². The first-order valence-electron chi connectivity index (χ1n) is 6.10. The second kappa shape index (κ2) is 4.49. The zero-order valence-electron chi connectivity index (χ0n) is 10.7. The molecule has 2 saturated heterocycles. The van der Waals surface area contributed by atoms with E-state index in [2.05, 4.69) is 5.32 Å². The first kappa shape index (κ1) is 13.3. The Morgan fingerprint density at radius 3 is 2.67 bits per heavy atom. The molecular formula is C11H20N4O3. The lowest BCUT2D eigenvalue weighted by Crippen LogP contribution is -2.81. The average molecular weight is 256 g/mol. The molecule has 1 unspecified atom stereocenters. The fraction of sp³-hybridized carbons (Fsp3) is 0.818. The fourth-order valence-corrected chi connectivity index (χ4v) is 2.51. The van der Waals surface area contributed by atoms with Crippen molar-refractivity contribution in [1.29, 1.82) is 0 Å². The van der Waals surface area contributed by atoms with Gasteiger partial charge >= 0.3 is 0 Å². The molecule has 0 saturated carbocycles. The number of carbonyl (C=O) groups excluding carboxylic acids is 2. The highest BCUT2D eigenvalue weighted by Gasteiger charge is 2.55. The first-order valence-corrected chi connectivity index (χ1v) is 6.10. The maximum atomic E-state index is 12.2. The number of hydrogen-bond acceptors (Lipinski definition) is 5. The predicted octanol–water partition coefficient (Wildman–Crippen LogP) is -2.66. The number of nitrogens with zero attached hydrogens (tertiary/aromatic N) is 2. The van der Waals surface area contributed by atoms with Crippen molar-refractivity contribution in [3.63, 3.8) is 0 Å². The van der Waals surface area contributed by atoms with Crippen molar-refractivity contribution in [2.24, 2.45) is 5.73 Å². The number of rotatable bonds is 2. The van der Waals surface area contributed by atoms with Crippen molar-refractivity contribution in [2.75, 3.05) is 33.2 Å². The van der Waals surface area contributed by atoms with E-state index in [-0.39, 0.29) is 11.8 Å². The molecule has 102 valence electrons. The largest absolute Gasteiger partial charge is 0.391 e. The molecule has 0 aliphatic carbocycles. The highest BCUT2D eigenvalue weighted by molar-refractivity contribution is 5.98. The summed E-state index contributed by atoms with van der Waals surface area (Å²) in [5.74, 6) is -0.492. The monoisotopic (exact) mass is 256 g/mol. The molecule has 0 aromatic carbocycles. The summed E-state index contributed by atoms with van der Waals surface area (Å²) in [6.45, 7) is 3.61. The molecule has 1 spiro atoms. The number of aliphatic hydroxyl groups excluding tert-OH is 1. The van der Waals surface area contributed by atoms with Crippen molar-refractivity contribution < 1.29 is 14.7 Å². The summed E-state index contributed by atoms with van der Waals surface area (Å²) in [5, 5.41) is 12.1. The molecule has 18 heavy (non-hydrogen) atoms. The van der Waals surface area contributed by atoms with Crippen LogP contribution in [0.15, 0.2) is 0 Å². The van der Waals surface area contributed by atoms with Crippen molar-refractivity contribution >= 4 is 11.8 Å². The fourth-order valence-electron chi connectivity index (χ4n) is 2.51. The van der Waals surface area contributed by atoms with E-state index in [1.807, 2.05) is 11.9 Å². The highest BCUT2D eigenvalue weighted by atomic mass is 16.3. The van der Waals surface area contributed by atoms with Crippen LogP contribution in [-0.2, 0) is 9.59 Å². The second-order valence-electron chi connectivity index (χ2n) is 5.21. The molecule has 2 fully saturated rings. The third-order valence-electron chi connectivity index (χ3n) is 3.79. The molecule has 0 aromatic rings. The average Bonchev–Trinajstić information content (AvgIpc) is 2.34. The number of β-lactam (4-membered cyclic amide) rings is 1. The molecular weight excluding hydrogens is 236 g/mol. The van der Waals surface area contributed by atoms with Gasteiger partial charge in [-0.25, -0.2) is 0 Å². The minimum Gasteiger partial charge on any atom is -0.391 e. The number of amides is 2. The number of hydrogen-bond donors (Lipinski definition) is 3. The summed E-state index contributed by atoms with van der Waals surface area (Å²) in [6.07, 6.45) is -0.919. The van der Waals surface area contributed by atoms with Gasteiger partial charge in [-0.2, -0.15) is 0 Å². The van der Waals surface area contributed by atoms with E-state index in [9.17, 15) is 14.7 Å². The van der Waals surface area contributed by atoms with Crippen LogP contribution in [0.4, 0.5) is 0 Å². The molecule has 2 rings (SSSR count). The third kappa shape index (κ3) is 1.88. The van der Waals surface area contributed by atoms with Gasteiger partial charge in [-0.3, -0.25) is 9.59 Å². The van der Waals surface area contributed by atoms with Crippen molar-refractivity contribution in [3.8, 4) is 0 Å². The Hall–Kier alpha value is -1.18. The van der Waals surface area contributed by atoms with E-state index >= 15 is 0 Å². The summed E-state index contributed by atoms with van der Waals surface area (Å²) in [6, 6.07) is -0.973. The smallest absolute Gasteiger partial charge is 0.249 e. The second-order valence-corrected chi connectivity index (χ2v) is 5.21.